The summed E-state index contributed by atoms with van der Waals surface area (Å²) in [6.45, 7) is 1.05. The zero-order chi connectivity index (χ0) is 15.2. The second-order valence-corrected chi connectivity index (χ2v) is 6.50. The molecule has 1 amide bonds. The van der Waals surface area contributed by atoms with E-state index >= 15 is 0 Å². The number of carbonyl (C=O) groups is 1. The number of nitrogens with zero attached hydrogens (tertiary/aromatic N) is 1. The Hall–Kier alpha value is -1.17. The van der Waals surface area contributed by atoms with E-state index < -0.39 is 0 Å². The van der Waals surface area contributed by atoms with Gasteiger partial charge in [0.15, 0.2) is 0 Å². The Morgan fingerprint density at radius 3 is 2.33 bits per heavy atom. The summed E-state index contributed by atoms with van der Waals surface area (Å²) in [6.07, 6.45) is 0. The highest BCUT2D eigenvalue weighted by Crippen LogP contribution is 2.21. The van der Waals surface area contributed by atoms with Crippen molar-refractivity contribution in [2.45, 2.75) is 6.54 Å². The highest BCUT2D eigenvalue weighted by Gasteiger charge is 2.10. The molecular weight excluding hydrogens is 396 g/mol. The van der Waals surface area contributed by atoms with Gasteiger partial charge in [-0.15, -0.1) is 0 Å². The van der Waals surface area contributed by atoms with Gasteiger partial charge in [0.1, 0.15) is 0 Å². The summed E-state index contributed by atoms with van der Waals surface area (Å²) in [5, 5.41) is 2.90. The van der Waals surface area contributed by atoms with Crippen LogP contribution in [0.5, 0.6) is 0 Å². The Morgan fingerprint density at radius 1 is 1.05 bits per heavy atom. The van der Waals surface area contributed by atoms with Crippen LogP contribution < -0.4 is 5.32 Å². The second kappa shape index (κ2) is 7.73. The molecule has 2 rings (SSSR count). The molecule has 0 saturated carbocycles. The maximum Gasteiger partial charge on any atom is 0.238 e. The standard InChI is InChI=1S/C16H16Br2N2O/c1-20(10-12-6-2-3-7-13(12)17)11-16(21)19-15-9-5-4-8-14(15)18/h2-9H,10-11H2,1H3,(H,19,21). The molecular formula is C16H16Br2N2O. The molecule has 0 saturated heterocycles. The molecule has 0 aliphatic rings. The van der Waals surface area contributed by atoms with Crippen LogP contribution in [-0.2, 0) is 11.3 Å². The van der Waals surface area contributed by atoms with Gasteiger partial charge < -0.3 is 5.32 Å². The molecule has 2 aromatic rings. The number of anilines is 1. The molecule has 2 aromatic carbocycles. The molecule has 0 radical (unpaired) electrons. The average Bonchev–Trinajstić information content (AvgIpc) is 2.44. The summed E-state index contributed by atoms with van der Waals surface area (Å²) in [6, 6.07) is 15.6. The van der Waals surface area contributed by atoms with Crippen molar-refractivity contribution in [3.05, 3.63) is 63.0 Å². The molecule has 0 fully saturated rings. The van der Waals surface area contributed by atoms with Gasteiger partial charge in [-0.2, -0.15) is 0 Å². The normalized spacial score (nSPS) is 10.7. The number of halogens is 2. The molecule has 0 aromatic heterocycles. The van der Waals surface area contributed by atoms with Gasteiger partial charge in [0.25, 0.3) is 0 Å². The quantitative estimate of drug-likeness (QED) is 0.796. The van der Waals surface area contributed by atoms with Crippen molar-refractivity contribution in [1.29, 1.82) is 0 Å². The minimum Gasteiger partial charge on any atom is -0.324 e. The maximum atomic E-state index is 12.1. The van der Waals surface area contributed by atoms with Gasteiger partial charge in [-0.05, 0) is 46.7 Å². The molecule has 0 atom stereocenters. The van der Waals surface area contributed by atoms with E-state index in [9.17, 15) is 4.79 Å². The minimum absolute atomic E-state index is 0.0311. The van der Waals surface area contributed by atoms with E-state index in [2.05, 4.69) is 37.2 Å². The van der Waals surface area contributed by atoms with E-state index in [1.54, 1.807) is 0 Å². The number of hydrogen-bond acceptors (Lipinski definition) is 2. The number of benzene rings is 2. The van der Waals surface area contributed by atoms with Crippen molar-refractivity contribution in [3.8, 4) is 0 Å². The van der Waals surface area contributed by atoms with Crippen molar-refractivity contribution >= 4 is 43.5 Å². The molecule has 1 N–H and O–H groups in total. The Balaban J connectivity index is 1.91. The molecule has 0 aliphatic carbocycles. The number of nitrogens with one attached hydrogen (secondary N) is 1. The number of hydrogen-bond donors (Lipinski definition) is 1. The van der Waals surface area contributed by atoms with Crippen LogP contribution in [-0.4, -0.2) is 24.4 Å². The van der Waals surface area contributed by atoms with E-state index in [0.29, 0.717) is 13.1 Å². The van der Waals surface area contributed by atoms with E-state index in [4.69, 9.17) is 0 Å². The summed E-state index contributed by atoms with van der Waals surface area (Å²) in [5.74, 6) is -0.0311. The molecule has 3 nitrogen and oxygen atoms in total. The van der Waals surface area contributed by atoms with E-state index in [-0.39, 0.29) is 5.91 Å². The second-order valence-electron chi connectivity index (χ2n) is 4.79. The Labute approximate surface area is 141 Å². The highest BCUT2D eigenvalue weighted by atomic mass is 79.9. The third-order valence-corrected chi connectivity index (χ3v) is 4.42. The molecule has 5 heteroatoms. The first-order valence-corrected chi connectivity index (χ1v) is 8.11. The van der Waals surface area contributed by atoms with Crippen LogP contribution in [0.4, 0.5) is 5.69 Å². The summed E-state index contributed by atoms with van der Waals surface area (Å²) in [5.41, 5.74) is 1.95. The zero-order valence-electron chi connectivity index (χ0n) is 11.6. The van der Waals surface area contributed by atoms with Gasteiger partial charge in [0.05, 0.1) is 12.2 Å². The molecule has 0 bridgehead atoms. The monoisotopic (exact) mass is 410 g/mol. The van der Waals surface area contributed by atoms with Crippen LogP contribution in [0, 0.1) is 0 Å². The first-order valence-electron chi connectivity index (χ1n) is 6.52. The van der Waals surface area contributed by atoms with Gasteiger partial charge in [0, 0.05) is 15.5 Å². The smallest absolute Gasteiger partial charge is 0.238 e. The number of carbonyl (C=O) groups excluding carboxylic acids is 1. The van der Waals surface area contributed by atoms with Crippen LogP contribution in [0.2, 0.25) is 0 Å². The molecule has 110 valence electrons. The molecule has 0 spiro atoms. The summed E-state index contributed by atoms with van der Waals surface area (Å²) in [4.78, 5) is 14.0. The number of likely N-dealkylation sites (N-methyl/N-ethyl adjacent to an activating group) is 1. The fraction of sp³-hybridized carbons (Fsp3) is 0.188. The summed E-state index contributed by atoms with van der Waals surface area (Å²) >= 11 is 6.94. The maximum absolute atomic E-state index is 12.1. The molecule has 0 unspecified atom stereocenters. The minimum atomic E-state index is -0.0311. The average molecular weight is 412 g/mol. The number of amides is 1. The van der Waals surface area contributed by atoms with Gasteiger partial charge in [-0.3, -0.25) is 9.69 Å². The molecule has 0 aliphatic heterocycles. The van der Waals surface area contributed by atoms with Crippen molar-refractivity contribution in [2.75, 3.05) is 18.9 Å². The van der Waals surface area contributed by atoms with Crippen LogP contribution in [0.1, 0.15) is 5.56 Å². The zero-order valence-corrected chi connectivity index (χ0v) is 14.8. The Kier molecular flexibility index (Phi) is 5.96. The number of para-hydroxylation sites is 1. The number of rotatable bonds is 5. The van der Waals surface area contributed by atoms with Crippen LogP contribution >= 0.6 is 31.9 Å². The third-order valence-electron chi connectivity index (χ3n) is 2.96. The van der Waals surface area contributed by atoms with E-state index in [1.165, 1.54) is 0 Å². The first kappa shape index (κ1) is 16.2. The van der Waals surface area contributed by atoms with Crippen molar-refractivity contribution < 1.29 is 4.79 Å². The van der Waals surface area contributed by atoms with Crippen LogP contribution in [0.15, 0.2) is 57.5 Å². The van der Waals surface area contributed by atoms with Crippen molar-refractivity contribution in [1.82, 2.24) is 4.90 Å². The predicted octanol–water partition coefficient (Wildman–Crippen LogP) is 4.28. The van der Waals surface area contributed by atoms with Crippen molar-refractivity contribution in [2.24, 2.45) is 0 Å². The lowest BCUT2D eigenvalue weighted by Crippen LogP contribution is -2.30. The van der Waals surface area contributed by atoms with Crippen molar-refractivity contribution in [3.63, 3.8) is 0 Å². The summed E-state index contributed by atoms with van der Waals surface area (Å²) in [7, 11) is 1.93. The van der Waals surface area contributed by atoms with Crippen LogP contribution in [0.25, 0.3) is 0 Å². The fourth-order valence-electron chi connectivity index (χ4n) is 1.97. The van der Waals surface area contributed by atoms with Gasteiger partial charge >= 0.3 is 0 Å². The molecule has 0 heterocycles. The predicted molar refractivity (Wildman–Crippen MR) is 93.2 cm³/mol. The van der Waals surface area contributed by atoms with Gasteiger partial charge in [-0.25, -0.2) is 0 Å². The van der Waals surface area contributed by atoms with E-state index in [1.807, 2.05) is 60.5 Å². The van der Waals surface area contributed by atoms with E-state index in [0.717, 1.165) is 20.2 Å². The first-order chi connectivity index (χ1) is 10.1. The lowest BCUT2D eigenvalue weighted by atomic mass is 10.2. The highest BCUT2D eigenvalue weighted by molar-refractivity contribution is 9.10. The Morgan fingerprint density at radius 2 is 1.67 bits per heavy atom. The lowest BCUT2D eigenvalue weighted by molar-refractivity contribution is -0.117. The Bertz CT molecular complexity index is 631. The fourth-order valence-corrected chi connectivity index (χ4v) is 2.76. The lowest BCUT2D eigenvalue weighted by Gasteiger charge is -2.17. The van der Waals surface area contributed by atoms with Gasteiger partial charge in [0.2, 0.25) is 5.91 Å². The van der Waals surface area contributed by atoms with Crippen LogP contribution in [0.3, 0.4) is 0 Å². The molecule has 21 heavy (non-hydrogen) atoms. The largest absolute Gasteiger partial charge is 0.324 e. The van der Waals surface area contributed by atoms with Gasteiger partial charge in [-0.1, -0.05) is 46.3 Å². The summed E-state index contributed by atoms with van der Waals surface area (Å²) < 4.78 is 1.94. The topological polar surface area (TPSA) is 32.3 Å². The SMILES string of the molecule is CN(CC(=O)Nc1ccccc1Br)Cc1ccccc1Br. The third kappa shape index (κ3) is 4.95.